The van der Waals surface area contributed by atoms with Gasteiger partial charge < -0.3 is 10.4 Å². The van der Waals surface area contributed by atoms with Crippen LogP contribution in [0, 0.1) is 6.92 Å². The van der Waals surface area contributed by atoms with Crippen LogP contribution in [0.5, 0.6) is 0 Å². The summed E-state index contributed by atoms with van der Waals surface area (Å²) in [6.45, 7) is 7.98. The number of aromatic nitrogens is 2. The summed E-state index contributed by atoms with van der Waals surface area (Å²) in [5.41, 5.74) is 1.68. The Bertz CT molecular complexity index is 1120. The number of anilines is 1. The second-order valence-corrected chi connectivity index (χ2v) is 7.46. The number of hydrogen-bond donors (Lipinski definition) is 3. The number of nitrogens with one attached hydrogen (secondary N) is 2. The second-order valence-electron chi connectivity index (χ2n) is 7.46. The van der Waals surface area contributed by atoms with E-state index in [1.165, 1.54) is 18.2 Å². The molecule has 0 saturated carbocycles. The average Bonchev–Trinajstić information content (AvgIpc) is 2.92. The van der Waals surface area contributed by atoms with Gasteiger partial charge in [0.25, 0.3) is 5.56 Å². The van der Waals surface area contributed by atoms with Gasteiger partial charge in [-0.3, -0.25) is 9.89 Å². The lowest BCUT2D eigenvalue weighted by Crippen LogP contribution is -2.31. The minimum Gasteiger partial charge on any atom is -0.478 e. The van der Waals surface area contributed by atoms with Crippen LogP contribution in [0.2, 0.25) is 0 Å². The van der Waals surface area contributed by atoms with Crippen LogP contribution in [0.3, 0.4) is 0 Å². The Morgan fingerprint density at radius 3 is 2.41 bits per heavy atom. The van der Waals surface area contributed by atoms with Gasteiger partial charge in [-0.15, -0.1) is 0 Å². The van der Waals surface area contributed by atoms with Crippen molar-refractivity contribution in [2.24, 2.45) is 0 Å². The molecule has 0 aliphatic heterocycles. The minimum atomic E-state index is -1.18. The fourth-order valence-corrected chi connectivity index (χ4v) is 3.08. The van der Waals surface area contributed by atoms with E-state index >= 15 is 0 Å². The van der Waals surface area contributed by atoms with Crippen molar-refractivity contribution in [2.45, 2.75) is 33.1 Å². The summed E-state index contributed by atoms with van der Waals surface area (Å²) in [4.78, 5) is 36.7. The number of amides is 1. The van der Waals surface area contributed by atoms with Crippen molar-refractivity contribution in [1.29, 1.82) is 0 Å². The summed E-state index contributed by atoms with van der Waals surface area (Å²) in [6, 6.07) is 9.39. The van der Waals surface area contributed by atoms with E-state index in [0.717, 1.165) is 15.8 Å². The number of aromatic carboxylic acids is 1. The molecule has 140 valence electrons. The van der Waals surface area contributed by atoms with Gasteiger partial charge in [-0.2, -0.15) is 4.68 Å². The molecule has 0 atom stereocenters. The van der Waals surface area contributed by atoms with Crippen molar-refractivity contribution in [3.05, 3.63) is 63.4 Å². The molecule has 0 spiro atoms. The predicted octanol–water partition coefficient (Wildman–Crippen LogP) is 3.71. The summed E-state index contributed by atoms with van der Waals surface area (Å²) in [7, 11) is 0. The van der Waals surface area contributed by atoms with Crippen LogP contribution in [-0.2, 0) is 5.41 Å². The van der Waals surface area contributed by atoms with Crippen molar-refractivity contribution >= 4 is 28.6 Å². The fourth-order valence-electron chi connectivity index (χ4n) is 3.08. The fraction of sp³-hybridized carbons (Fsp3) is 0.250. The van der Waals surface area contributed by atoms with Gasteiger partial charge in [0.05, 0.1) is 16.5 Å². The third-order valence-corrected chi connectivity index (χ3v) is 4.47. The first-order valence-corrected chi connectivity index (χ1v) is 8.49. The number of carbonyl (C=O) groups is 2. The molecular weight excluding hydrogens is 346 g/mol. The zero-order valence-electron chi connectivity index (χ0n) is 15.6. The lowest BCUT2D eigenvalue weighted by molar-refractivity contribution is 0.0698. The first-order chi connectivity index (χ1) is 12.6. The van der Waals surface area contributed by atoms with Crippen LogP contribution in [0.4, 0.5) is 10.5 Å². The number of fused-ring (bicyclic) bond motifs is 1. The van der Waals surface area contributed by atoms with Gasteiger partial charge in [-0.25, -0.2) is 9.59 Å². The third-order valence-electron chi connectivity index (χ3n) is 4.47. The maximum absolute atomic E-state index is 12.8. The molecule has 0 aliphatic rings. The van der Waals surface area contributed by atoms with Crippen LogP contribution >= 0.6 is 0 Å². The molecule has 7 heteroatoms. The molecule has 0 saturated heterocycles. The van der Waals surface area contributed by atoms with Crippen molar-refractivity contribution < 1.29 is 14.7 Å². The van der Waals surface area contributed by atoms with E-state index in [1.807, 2.05) is 45.9 Å². The Balaban J connectivity index is 2.09. The molecule has 0 unspecified atom stereocenters. The largest absolute Gasteiger partial charge is 0.478 e. The molecule has 2 aromatic carbocycles. The highest BCUT2D eigenvalue weighted by molar-refractivity contribution is 6.03. The highest BCUT2D eigenvalue weighted by Gasteiger charge is 2.22. The van der Waals surface area contributed by atoms with Crippen LogP contribution in [0.25, 0.3) is 10.9 Å². The molecule has 1 amide bonds. The zero-order valence-corrected chi connectivity index (χ0v) is 15.6. The maximum Gasteiger partial charge on any atom is 0.348 e. The van der Waals surface area contributed by atoms with Gasteiger partial charge in [-0.1, -0.05) is 45.0 Å². The number of H-pyrrole nitrogens is 1. The first-order valence-electron chi connectivity index (χ1n) is 8.49. The summed E-state index contributed by atoms with van der Waals surface area (Å²) < 4.78 is 0.802. The molecular formula is C20H21N3O4. The Kier molecular flexibility index (Phi) is 4.39. The van der Waals surface area contributed by atoms with E-state index in [1.54, 1.807) is 0 Å². The first kappa shape index (κ1) is 18.4. The molecule has 0 bridgehead atoms. The molecule has 3 N–H and O–H groups in total. The lowest BCUT2D eigenvalue weighted by atomic mass is 9.84. The topological polar surface area (TPSA) is 104 Å². The van der Waals surface area contributed by atoms with Crippen LogP contribution < -0.4 is 10.9 Å². The van der Waals surface area contributed by atoms with Gasteiger partial charge in [0.2, 0.25) is 0 Å². The average molecular weight is 367 g/mol. The highest BCUT2D eigenvalue weighted by atomic mass is 16.4. The SMILES string of the molecule is Cc1cccc(C(C)(C)C)c1NC(=O)n1[nH]c2c(C(=O)O)cccc2c1=O. The van der Waals surface area contributed by atoms with Crippen molar-refractivity contribution in [3.63, 3.8) is 0 Å². The molecule has 0 radical (unpaired) electrons. The maximum atomic E-state index is 12.8. The zero-order chi connectivity index (χ0) is 19.9. The molecule has 27 heavy (non-hydrogen) atoms. The van der Waals surface area contributed by atoms with Crippen LogP contribution in [-0.4, -0.2) is 26.9 Å². The van der Waals surface area contributed by atoms with E-state index in [2.05, 4.69) is 10.4 Å². The van der Waals surface area contributed by atoms with Gasteiger partial charge >= 0.3 is 12.0 Å². The van der Waals surface area contributed by atoms with E-state index < -0.39 is 17.6 Å². The standard InChI is InChI=1S/C20H21N3O4/c1-11-7-5-10-14(20(2,3)4)15(11)21-19(27)23-17(24)12-8-6-9-13(18(25)26)16(12)22-23/h5-10,22H,1-4H3,(H,21,27)(H,25,26). The molecule has 3 rings (SSSR count). The third kappa shape index (κ3) is 3.23. The Morgan fingerprint density at radius 2 is 1.78 bits per heavy atom. The molecule has 7 nitrogen and oxygen atoms in total. The normalized spacial score (nSPS) is 11.6. The Labute approximate surface area is 155 Å². The summed E-state index contributed by atoms with van der Waals surface area (Å²) in [5, 5.41) is 14.9. The number of para-hydroxylation sites is 2. The van der Waals surface area contributed by atoms with Crippen molar-refractivity contribution in [3.8, 4) is 0 Å². The highest BCUT2D eigenvalue weighted by Crippen LogP contribution is 2.32. The number of aryl methyl sites for hydroxylation is 1. The van der Waals surface area contributed by atoms with Gasteiger partial charge in [0, 0.05) is 5.69 Å². The molecule has 3 aromatic rings. The minimum absolute atomic E-state index is 0.0672. The number of benzene rings is 2. The van der Waals surface area contributed by atoms with Gasteiger partial charge in [0.1, 0.15) is 0 Å². The predicted molar refractivity (Wildman–Crippen MR) is 104 cm³/mol. The van der Waals surface area contributed by atoms with E-state index in [-0.39, 0.29) is 21.9 Å². The quantitative estimate of drug-likeness (QED) is 0.642. The number of hydrogen-bond acceptors (Lipinski definition) is 3. The summed E-state index contributed by atoms with van der Waals surface area (Å²) in [6.07, 6.45) is 0. The monoisotopic (exact) mass is 367 g/mol. The molecule has 0 aliphatic carbocycles. The van der Waals surface area contributed by atoms with Gasteiger partial charge in [-0.05, 0) is 35.6 Å². The molecule has 1 heterocycles. The van der Waals surface area contributed by atoms with Crippen LogP contribution in [0.1, 0.15) is 42.3 Å². The van der Waals surface area contributed by atoms with Crippen molar-refractivity contribution in [1.82, 2.24) is 9.78 Å². The molecule has 1 aromatic heterocycles. The number of carboxylic acid groups (broad SMARTS) is 1. The number of rotatable bonds is 2. The second kappa shape index (κ2) is 6.42. The van der Waals surface area contributed by atoms with Crippen LogP contribution in [0.15, 0.2) is 41.2 Å². The van der Waals surface area contributed by atoms with E-state index in [9.17, 15) is 19.5 Å². The Morgan fingerprint density at radius 1 is 1.11 bits per heavy atom. The van der Waals surface area contributed by atoms with Gasteiger partial charge in [0.15, 0.2) is 0 Å². The number of aromatic amines is 1. The smallest absolute Gasteiger partial charge is 0.348 e. The number of carboxylic acids is 1. The lowest BCUT2D eigenvalue weighted by Gasteiger charge is -2.24. The van der Waals surface area contributed by atoms with Crippen molar-refractivity contribution in [2.75, 3.05) is 5.32 Å². The number of nitrogens with zero attached hydrogens (tertiary/aromatic N) is 1. The Hall–Kier alpha value is -3.35. The van der Waals surface area contributed by atoms with E-state index in [0.29, 0.717) is 5.69 Å². The summed E-state index contributed by atoms with van der Waals surface area (Å²) >= 11 is 0. The van der Waals surface area contributed by atoms with E-state index in [4.69, 9.17) is 0 Å². The number of carbonyl (C=O) groups excluding carboxylic acids is 1. The molecule has 0 fully saturated rings. The summed E-state index contributed by atoms with van der Waals surface area (Å²) in [5.74, 6) is -1.18.